The average molecular weight is 439 g/mol. The SMILES string of the molecule is COc1cccc2c(-c3c(C)[nH]c4c(-c5ccccc5)c(C(F)(F)F)nn4c3=O)n[nH]c12. The number of hydrogen-bond donors (Lipinski definition) is 2. The lowest BCUT2D eigenvalue weighted by atomic mass is 10.0. The molecule has 0 saturated heterocycles. The van der Waals surface area contributed by atoms with E-state index in [4.69, 9.17) is 4.74 Å². The van der Waals surface area contributed by atoms with E-state index in [0.717, 1.165) is 4.52 Å². The van der Waals surface area contributed by atoms with Crippen molar-refractivity contribution in [1.82, 2.24) is 24.8 Å². The third-order valence-corrected chi connectivity index (χ3v) is 5.32. The molecule has 0 radical (unpaired) electrons. The van der Waals surface area contributed by atoms with Crippen molar-refractivity contribution in [2.24, 2.45) is 0 Å². The molecule has 32 heavy (non-hydrogen) atoms. The fourth-order valence-corrected chi connectivity index (χ4v) is 3.92. The topological polar surface area (TPSA) is 88.1 Å². The van der Waals surface area contributed by atoms with Crippen molar-refractivity contribution in [2.45, 2.75) is 13.1 Å². The van der Waals surface area contributed by atoms with Gasteiger partial charge in [-0.15, -0.1) is 0 Å². The zero-order chi connectivity index (χ0) is 22.6. The van der Waals surface area contributed by atoms with Crippen LogP contribution in [-0.4, -0.2) is 31.9 Å². The summed E-state index contributed by atoms with van der Waals surface area (Å²) in [7, 11) is 1.51. The minimum absolute atomic E-state index is 0.0350. The molecular formula is C22H16F3N5O2. The number of methoxy groups -OCH3 is 1. The second-order valence-electron chi connectivity index (χ2n) is 7.23. The van der Waals surface area contributed by atoms with E-state index < -0.39 is 17.4 Å². The van der Waals surface area contributed by atoms with Crippen molar-refractivity contribution < 1.29 is 17.9 Å². The van der Waals surface area contributed by atoms with Gasteiger partial charge >= 0.3 is 6.18 Å². The Balaban J connectivity index is 1.85. The van der Waals surface area contributed by atoms with Crippen LogP contribution in [0.15, 0.2) is 53.3 Å². The maximum atomic E-state index is 13.8. The Kier molecular flexibility index (Phi) is 4.33. The largest absolute Gasteiger partial charge is 0.494 e. The molecule has 0 aliphatic heterocycles. The maximum Gasteiger partial charge on any atom is 0.435 e. The highest BCUT2D eigenvalue weighted by molar-refractivity contribution is 5.96. The number of aromatic amines is 2. The van der Waals surface area contributed by atoms with Crippen LogP contribution in [-0.2, 0) is 6.18 Å². The molecule has 5 aromatic rings. The first-order valence-electron chi connectivity index (χ1n) is 9.61. The van der Waals surface area contributed by atoms with Crippen molar-refractivity contribution in [2.75, 3.05) is 7.11 Å². The first kappa shape index (κ1) is 19.9. The van der Waals surface area contributed by atoms with Crippen LogP contribution in [0.5, 0.6) is 5.75 Å². The van der Waals surface area contributed by atoms with Crippen LogP contribution < -0.4 is 10.3 Å². The summed E-state index contributed by atoms with van der Waals surface area (Å²) < 4.78 is 47.6. The molecule has 5 rings (SSSR count). The van der Waals surface area contributed by atoms with Crippen LogP contribution in [0, 0.1) is 6.92 Å². The summed E-state index contributed by atoms with van der Waals surface area (Å²) in [5, 5.41) is 11.4. The first-order valence-corrected chi connectivity index (χ1v) is 9.61. The Morgan fingerprint density at radius 2 is 1.78 bits per heavy atom. The molecule has 0 amide bonds. The van der Waals surface area contributed by atoms with E-state index in [0.29, 0.717) is 33.6 Å². The molecule has 2 N–H and O–H groups in total. The highest BCUT2D eigenvalue weighted by Crippen LogP contribution is 2.39. The number of halogens is 3. The minimum Gasteiger partial charge on any atom is -0.494 e. The number of ether oxygens (including phenoxy) is 1. The van der Waals surface area contributed by atoms with E-state index in [1.54, 1.807) is 55.5 Å². The van der Waals surface area contributed by atoms with E-state index in [9.17, 15) is 18.0 Å². The lowest BCUT2D eigenvalue weighted by molar-refractivity contribution is -0.140. The van der Waals surface area contributed by atoms with Gasteiger partial charge in [-0.1, -0.05) is 42.5 Å². The van der Waals surface area contributed by atoms with Crippen molar-refractivity contribution in [3.05, 3.63) is 70.3 Å². The molecule has 0 saturated carbocycles. The third-order valence-electron chi connectivity index (χ3n) is 5.32. The molecule has 0 spiro atoms. The lowest BCUT2D eigenvalue weighted by Gasteiger charge is -2.08. The molecule has 0 unspecified atom stereocenters. The van der Waals surface area contributed by atoms with Gasteiger partial charge in [0, 0.05) is 11.1 Å². The zero-order valence-electron chi connectivity index (χ0n) is 16.9. The summed E-state index contributed by atoms with van der Waals surface area (Å²) in [5.74, 6) is 0.529. The summed E-state index contributed by atoms with van der Waals surface area (Å²) >= 11 is 0. The van der Waals surface area contributed by atoms with Crippen molar-refractivity contribution in [3.8, 4) is 28.1 Å². The summed E-state index contributed by atoms with van der Waals surface area (Å²) in [6.07, 6.45) is -4.75. The third kappa shape index (κ3) is 2.87. The van der Waals surface area contributed by atoms with Crippen LogP contribution in [0.25, 0.3) is 38.9 Å². The number of rotatable bonds is 3. The van der Waals surface area contributed by atoms with Crippen LogP contribution >= 0.6 is 0 Å². The number of aryl methyl sites for hydroxylation is 1. The van der Waals surface area contributed by atoms with Crippen LogP contribution in [0.1, 0.15) is 11.4 Å². The number of aromatic nitrogens is 5. The van der Waals surface area contributed by atoms with Gasteiger partial charge in [-0.05, 0) is 18.6 Å². The van der Waals surface area contributed by atoms with Crippen molar-refractivity contribution in [1.29, 1.82) is 0 Å². The fraction of sp³-hybridized carbons (Fsp3) is 0.136. The molecule has 0 fully saturated rings. The number of nitrogens with zero attached hydrogens (tertiary/aromatic N) is 3. The molecule has 0 bridgehead atoms. The van der Waals surface area contributed by atoms with Crippen molar-refractivity contribution in [3.63, 3.8) is 0 Å². The van der Waals surface area contributed by atoms with Gasteiger partial charge in [0.2, 0.25) is 0 Å². The van der Waals surface area contributed by atoms with Gasteiger partial charge in [-0.2, -0.15) is 27.9 Å². The van der Waals surface area contributed by atoms with Gasteiger partial charge in [-0.25, -0.2) is 0 Å². The van der Waals surface area contributed by atoms with E-state index in [1.165, 1.54) is 7.11 Å². The Morgan fingerprint density at radius 1 is 1.03 bits per heavy atom. The monoisotopic (exact) mass is 439 g/mol. The average Bonchev–Trinajstić information content (AvgIpc) is 3.36. The van der Waals surface area contributed by atoms with E-state index in [-0.39, 0.29) is 16.8 Å². The highest BCUT2D eigenvalue weighted by atomic mass is 19.4. The molecule has 0 aliphatic carbocycles. The predicted molar refractivity (Wildman–Crippen MR) is 113 cm³/mol. The predicted octanol–water partition coefficient (Wildman–Crippen LogP) is 4.57. The van der Waals surface area contributed by atoms with Gasteiger partial charge in [0.05, 0.1) is 18.2 Å². The van der Waals surface area contributed by atoms with Crippen LogP contribution in [0.4, 0.5) is 13.2 Å². The smallest absolute Gasteiger partial charge is 0.435 e. The van der Waals surface area contributed by atoms with E-state index in [1.807, 2.05) is 0 Å². The number of fused-ring (bicyclic) bond motifs is 2. The summed E-state index contributed by atoms with van der Waals surface area (Å²) in [6.45, 7) is 1.62. The fourth-order valence-electron chi connectivity index (χ4n) is 3.92. The molecule has 3 aromatic heterocycles. The van der Waals surface area contributed by atoms with Crippen LogP contribution in [0.2, 0.25) is 0 Å². The summed E-state index contributed by atoms with van der Waals surface area (Å²) in [6, 6.07) is 13.3. The van der Waals surface area contributed by atoms with Gasteiger partial charge in [0.25, 0.3) is 5.56 Å². The lowest BCUT2D eigenvalue weighted by Crippen LogP contribution is -2.20. The van der Waals surface area contributed by atoms with Gasteiger partial charge in [0.1, 0.15) is 22.6 Å². The first-order chi connectivity index (χ1) is 15.3. The molecule has 10 heteroatoms. The van der Waals surface area contributed by atoms with Gasteiger partial charge in [0.15, 0.2) is 5.69 Å². The summed E-state index contributed by atoms with van der Waals surface area (Å²) in [5.41, 5.74) is -0.409. The maximum absolute atomic E-state index is 13.8. The number of H-pyrrole nitrogens is 2. The van der Waals surface area contributed by atoms with Gasteiger partial charge < -0.3 is 9.72 Å². The Bertz CT molecular complexity index is 1530. The quantitative estimate of drug-likeness (QED) is 0.431. The molecular weight excluding hydrogens is 423 g/mol. The standard InChI is InChI=1S/C22H16F3N5O2/c1-11-15(18-13-9-6-10-14(32-2)17(13)27-28-18)21(31)30-20(26-11)16(12-7-4-3-5-8-12)19(29-30)22(23,24)25/h3-10,26H,1-2H3,(H,27,28). The number of para-hydroxylation sites is 1. The molecule has 2 aromatic carbocycles. The molecule has 0 atom stereocenters. The normalized spacial score (nSPS) is 12.0. The second-order valence-corrected chi connectivity index (χ2v) is 7.23. The highest BCUT2D eigenvalue weighted by Gasteiger charge is 2.39. The number of alkyl halides is 3. The number of benzene rings is 2. The summed E-state index contributed by atoms with van der Waals surface area (Å²) in [4.78, 5) is 16.4. The Morgan fingerprint density at radius 3 is 2.47 bits per heavy atom. The number of hydrogen-bond acceptors (Lipinski definition) is 4. The molecule has 0 aliphatic rings. The van der Waals surface area contributed by atoms with Crippen LogP contribution in [0.3, 0.4) is 0 Å². The zero-order valence-corrected chi connectivity index (χ0v) is 16.9. The van der Waals surface area contributed by atoms with E-state index in [2.05, 4.69) is 20.3 Å². The minimum atomic E-state index is -4.75. The molecule has 162 valence electrons. The van der Waals surface area contributed by atoms with E-state index >= 15 is 0 Å². The second kappa shape index (κ2) is 6.98. The number of nitrogens with one attached hydrogen (secondary N) is 2. The molecule has 3 heterocycles. The Labute approximate surface area is 178 Å². The van der Waals surface area contributed by atoms with Gasteiger partial charge in [-0.3, -0.25) is 9.89 Å². The van der Waals surface area contributed by atoms with Crippen molar-refractivity contribution >= 4 is 16.6 Å². The Hall–Kier alpha value is -4.08. The molecule has 7 nitrogen and oxygen atoms in total.